The second-order valence-electron chi connectivity index (χ2n) is 13.3. The summed E-state index contributed by atoms with van der Waals surface area (Å²) < 4.78 is 10.6. The van der Waals surface area contributed by atoms with Crippen molar-refractivity contribution in [3.8, 4) is 0 Å². The number of unbranched alkanes of at least 4 members (excludes halogenated alkanes) is 1. The molecule has 3 aromatic rings. The van der Waals surface area contributed by atoms with Crippen molar-refractivity contribution in [1.29, 1.82) is 0 Å². The van der Waals surface area contributed by atoms with Gasteiger partial charge >= 0.3 is 12.2 Å². The van der Waals surface area contributed by atoms with Gasteiger partial charge in [-0.05, 0) is 50.3 Å². The monoisotopic (exact) mass is 668 g/mol. The van der Waals surface area contributed by atoms with Gasteiger partial charge in [-0.1, -0.05) is 123 Å². The number of aliphatic imine (C=N–C) groups is 1. The predicted octanol–water partition coefficient (Wildman–Crippen LogP) is 7.32. The van der Waals surface area contributed by atoms with Crippen LogP contribution in [0.15, 0.2) is 102 Å². The summed E-state index contributed by atoms with van der Waals surface area (Å²) in [5.74, 6) is 0.181. The smallest absolute Gasteiger partial charge is 0.437 e. The van der Waals surface area contributed by atoms with Crippen molar-refractivity contribution in [2.45, 2.75) is 83.0 Å². The van der Waals surface area contributed by atoms with Crippen LogP contribution >= 0.6 is 0 Å². The summed E-state index contributed by atoms with van der Waals surface area (Å²) in [6.07, 6.45) is 4.98. The SMILES string of the molecule is C[SiH](C)C1(CCCCNC(=NC(=O)OCc2ccccc2)NC(=O)OCc2ccccc2)C(=O)N(C(C)(C)C)C1C=Cc1ccccc1. The van der Waals surface area contributed by atoms with E-state index >= 15 is 0 Å². The highest BCUT2D eigenvalue weighted by Gasteiger charge is 2.62. The molecule has 0 aliphatic carbocycles. The minimum Gasteiger partial charge on any atom is -0.444 e. The third-order valence-corrected chi connectivity index (χ3v) is 11.5. The number of amides is 3. The van der Waals surface area contributed by atoms with Gasteiger partial charge in [0.2, 0.25) is 11.9 Å². The zero-order chi connectivity index (χ0) is 34.6. The molecule has 0 bridgehead atoms. The van der Waals surface area contributed by atoms with Crippen LogP contribution in [0.3, 0.4) is 0 Å². The standard InChI is InChI=1S/C38H48N4O5Si/c1-37(2,3)42-32(24-23-29-17-9-6-10-18-29)38(33(42)43,48(4)5)25-15-16-26-39-34(40-35(44)46-27-30-19-11-7-12-20-30)41-36(45)47-28-31-21-13-8-14-22-31/h6-14,17-24,32,48H,15-16,25-28H2,1-5H3,(H2,39,40,41,44,45). The van der Waals surface area contributed by atoms with E-state index < -0.39 is 26.0 Å². The van der Waals surface area contributed by atoms with Crippen molar-refractivity contribution < 1.29 is 23.9 Å². The number of carbonyl (C=O) groups is 3. The number of guanidine groups is 1. The van der Waals surface area contributed by atoms with Gasteiger partial charge in [-0.25, -0.2) is 9.59 Å². The van der Waals surface area contributed by atoms with E-state index in [0.717, 1.165) is 29.5 Å². The second kappa shape index (κ2) is 16.9. The van der Waals surface area contributed by atoms with Gasteiger partial charge in [-0.3, -0.25) is 10.1 Å². The van der Waals surface area contributed by atoms with Gasteiger partial charge < -0.3 is 19.7 Å². The Balaban J connectivity index is 1.39. The molecule has 3 amide bonds. The molecule has 10 heteroatoms. The third-order valence-electron chi connectivity index (χ3n) is 8.60. The van der Waals surface area contributed by atoms with Gasteiger partial charge in [-0.2, -0.15) is 0 Å². The van der Waals surface area contributed by atoms with Crippen molar-refractivity contribution in [3.05, 3.63) is 114 Å². The quantitative estimate of drug-likeness (QED) is 0.0689. The lowest BCUT2D eigenvalue weighted by molar-refractivity contribution is -0.160. The fourth-order valence-corrected chi connectivity index (χ4v) is 8.44. The van der Waals surface area contributed by atoms with Gasteiger partial charge in [0.05, 0.1) is 19.9 Å². The molecule has 3 aromatic carbocycles. The summed E-state index contributed by atoms with van der Waals surface area (Å²) >= 11 is 0. The molecule has 1 saturated heterocycles. The zero-order valence-corrected chi connectivity index (χ0v) is 29.8. The minimum atomic E-state index is -1.47. The molecular formula is C38H48N4O5Si. The van der Waals surface area contributed by atoms with E-state index in [4.69, 9.17) is 9.47 Å². The highest BCUT2D eigenvalue weighted by atomic mass is 28.3. The van der Waals surface area contributed by atoms with E-state index in [-0.39, 0.29) is 36.7 Å². The molecule has 4 rings (SSSR count). The van der Waals surface area contributed by atoms with Crippen LogP contribution in [-0.2, 0) is 27.5 Å². The van der Waals surface area contributed by atoms with Crippen molar-refractivity contribution in [3.63, 3.8) is 0 Å². The molecule has 254 valence electrons. The lowest BCUT2D eigenvalue weighted by Gasteiger charge is -2.62. The van der Waals surface area contributed by atoms with Crippen molar-refractivity contribution in [2.75, 3.05) is 6.54 Å². The lowest BCUT2D eigenvalue weighted by Crippen LogP contribution is -2.72. The Bertz CT molecular complexity index is 1560. The molecule has 1 aliphatic rings. The molecule has 1 fully saturated rings. The highest BCUT2D eigenvalue weighted by molar-refractivity contribution is 6.65. The van der Waals surface area contributed by atoms with Crippen molar-refractivity contribution in [2.24, 2.45) is 4.99 Å². The Kier molecular flexibility index (Phi) is 12.7. The minimum absolute atomic E-state index is 0.0161. The number of nitrogens with one attached hydrogen (secondary N) is 2. The summed E-state index contributed by atoms with van der Waals surface area (Å²) in [7, 11) is -1.47. The van der Waals surface area contributed by atoms with Crippen LogP contribution in [-0.4, -0.2) is 55.9 Å². The maximum absolute atomic E-state index is 13.9. The summed E-state index contributed by atoms with van der Waals surface area (Å²) in [5.41, 5.74) is 2.47. The maximum atomic E-state index is 13.9. The predicted molar refractivity (Wildman–Crippen MR) is 193 cm³/mol. The second-order valence-corrected chi connectivity index (χ2v) is 16.7. The third kappa shape index (κ3) is 9.67. The summed E-state index contributed by atoms with van der Waals surface area (Å²) in [4.78, 5) is 45.1. The first-order valence-corrected chi connectivity index (χ1v) is 19.5. The van der Waals surface area contributed by atoms with Crippen LogP contribution in [0.1, 0.15) is 56.7 Å². The molecule has 2 atom stereocenters. The van der Waals surface area contributed by atoms with Crippen LogP contribution in [0.25, 0.3) is 6.08 Å². The topological polar surface area (TPSA) is 109 Å². The molecule has 9 nitrogen and oxygen atoms in total. The number of carbonyl (C=O) groups excluding carboxylic acids is 3. The molecule has 1 heterocycles. The number of hydrogen-bond acceptors (Lipinski definition) is 5. The molecule has 0 aromatic heterocycles. The average molecular weight is 669 g/mol. The van der Waals surface area contributed by atoms with E-state index in [9.17, 15) is 14.4 Å². The number of nitrogens with zero attached hydrogens (tertiary/aromatic N) is 2. The molecule has 2 N–H and O–H groups in total. The maximum Gasteiger partial charge on any atom is 0.437 e. The Hall–Kier alpha value is -4.70. The molecule has 0 saturated carbocycles. The van der Waals surface area contributed by atoms with Crippen molar-refractivity contribution in [1.82, 2.24) is 15.5 Å². The summed E-state index contributed by atoms with van der Waals surface area (Å²) in [6.45, 7) is 11.3. The number of β-lactam (4-membered cyclic amide) rings is 1. The molecule has 1 aliphatic heterocycles. The molecular weight excluding hydrogens is 621 g/mol. The largest absolute Gasteiger partial charge is 0.444 e. The first-order valence-electron chi connectivity index (χ1n) is 16.6. The molecule has 2 unspecified atom stereocenters. The highest BCUT2D eigenvalue weighted by Crippen LogP contribution is 2.55. The van der Waals surface area contributed by atoms with Gasteiger partial charge in [0.15, 0.2) is 0 Å². The summed E-state index contributed by atoms with van der Waals surface area (Å²) in [5, 5.41) is 5.22. The molecule has 48 heavy (non-hydrogen) atoms. The Labute approximate surface area is 286 Å². The van der Waals surface area contributed by atoms with Crippen LogP contribution in [0.5, 0.6) is 0 Å². The van der Waals surface area contributed by atoms with E-state index in [0.29, 0.717) is 13.0 Å². The Morgan fingerprint density at radius 1 is 0.875 bits per heavy atom. The van der Waals surface area contributed by atoms with E-state index in [1.54, 1.807) is 0 Å². The first kappa shape index (κ1) is 36.1. The number of benzene rings is 3. The average Bonchev–Trinajstić information content (AvgIpc) is 3.06. The van der Waals surface area contributed by atoms with Gasteiger partial charge in [0.1, 0.15) is 13.2 Å². The molecule has 0 radical (unpaired) electrons. The van der Waals surface area contributed by atoms with Crippen molar-refractivity contribution >= 4 is 38.9 Å². The number of likely N-dealkylation sites (tertiary alicyclic amines) is 1. The number of alkyl carbamates (subject to hydrolysis) is 1. The fourth-order valence-electron chi connectivity index (χ4n) is 6.08. The number of hydrogen-bond donors (Lipinski definition) is 2. The zero-order valence-electron chi connectivity index (χ0n) is 28.6. The lowest BCUT2D eigenvalue weighted by atomic mass is 9.77. The Morgan fingerprint density at radius 3 is 2.00 bits per heavy atom. The van der Waals surface area contributed by atoms with Gasteiger partial charge in [-0.15, -0.1) is 4.99 Å². The Morgan fingerprint density at radius 2 is 1.44 bits per heavy atom. The van der Waals surface area contributed by atoms with Crippen LogP contribution in [0.4, 0.5) is 9.59 Å². The number of rotatable bonds is 12. The van der Waals surface area contributed by atoms with E-state index in [1.165, 1.54) is 0 Å². The van der Waals surface area contributed by atoms with Crippen LogP contribution in [0.2, 0.25) is 18.1 Å². The number of ether oxygens (including phenoxy) is 2. The normalized spacial score (nSPS) is 18.0. The van der Waals surface area contributed by atoms with E-state index in [1.807, 2.05) is 83.8 Å². The van der Waals surface area contributed by atoms with Crippen LogP contribution in [0, 0.1) is 0 Å². The van der Waals surface area contributed by atoms with E-state index in [2.05, 4.69) is 73.8 Å². The molecule has 0 spiro atoms. The summed E-state index contributed by atoms with van der Waals surface area (Å²) in [6, 6.07) is 28.8. The fraction of sp³-hybridized carbons (Fsp3) is 0.368. The first-order chi connectivity index (χ1) is 23.0. The van der Waals surface area contributed by atoms with Crippen LogP contribution < -0.4 is 10.6 Å². The van der Waals surface area contributed by atoms with Gasteiger partial charge in [0, 0.05) is 12.1 Å². The van der Waals surface area contributed by atoms with Gasteiger partial charge in [0.25, 0.3) is 0 Å².